The summed E-state index contributed by atoms with van der Waals surface area (Å²) < 4.78 is 13.3. The first-order valence-electron chi connectivity index (χ1n) is 4.85. The van der Waals surface area contributed by atoms with E-state index in [2.05, 4.69) is 22.9 Å². The van der Waals surface area contributed by atoms with Gasteiger partial charge in [-0.3, -0.25) is 0 Å². The Morgan fingerprint density at radius 2 is 1.71 bits per heavy atom. The third kappa shape index (κ3) is 2.82. The van der Waals surface area contributed by atoms with Crippen molar-refractivity contribution in [2.75, 3.05) is 0 Å². The molecule has 0 fully saturated rings. The quantitative estimate of drug-likeness (QED) is 0.606. The van der Waals surface area contributed by atoms with E-state index in [1.165, 1.54) is 12.1 Å². The first-order chi connectivity index (χ1) is 8.16. The molecule has 0 saturated heterocycles. The standard InChI is InChI=1S/C12H9FN2OS/c13-9-7-8(16)5-6-10(9)14-15-11-3-1-2-4-12(11)17/h1-7,16-17H. The van der Waals surface area contributed by atoms with Gasteiger partial charge >= 0.3 is 0 Å². The molecule has 17 heavy (non-hydrogen) atoms. The molecule has 0 amide bonds. The molecule has 0 atom stereocenters. The maximum atomic E-state index is 13.3. The lowest BCUT2D eigenvalue weighted by Gasteiger charge is -1.98. The molecule has 2 rings (SSSR count). The number of phenolic OH excluding ortho intramolecular Hbond substituents is 1. The Morgan fingerprint density at radius 1 is 1.00 bits per heavy atom. The van der Waals surface area contributed by atoms with Gasteiger partial charge in [0.1, 0.15) is 11.4 Å². The molecule has 0 aliphatic heterocycles. The van der Waals surface area contributed by atoms with Crippen LogP contribution in [0, 0.1) is 5.82 Å². The summed E-state index contributed by atoms with van der Waals surface area (Å²) in [6, 6.07) is 10.8. The Balaban J connectivity index is 2.29. The number of benzene rings is 2. The predicted molar refractivity (Wildman–Crippen MR) is 65.9 cm³/mol. The molecular weight excluding hydrogens is 239 g/mol. The molecule has 0 aliphatic carbocycles. The molecule has 0 saturated carbocycles. The monoisotopic (exact) mass is 248 g/mol. The van der Waals surface area contributed by atoms with Gasteiger partial charge in [0.05, 0.1) is 5.69 Å². The fourth-order valence-electron chi connectivity index (χ4n) is 1.23. The number of phenols is 1. The van der Waals surface area contributed by atoms with E-state index in [-0.39, 0.29) is 11.4 Å². The van der Waals surface area contributed by atoms with Crippen molar-refractivity contribution in [3.05, 3.63) is 48.3 Å². The summed E-state index contributed by atoms with van der Waals surface area (Å²) in [6.45, 7) is 0. The lowest BCUT2D eigenvalue weighted by atomic mass is 10.3. The highest BCUT2D eigenvalue weighted by atomic mass is 32.1. The Hall–Kier alpha value is -1.88. The molecule has 0 heterocycles. The van der Waals surface area contributed by atoms with Crippen LogP contribution < -0.4 is 0 Å². The number of hydrogen-bond donors (Lipinski definition) is 2. The Kier molecular flexibility index (Phi) is 3.39. The molecule has 2 aromatic carbocycles. The first-order valence-corrected chi connectivity index (χ1v) is 5.30. The van der Waals surface area contributed by atoms with Crippen molar-refractivity contribution in [2.24, 2.45) is 10.2 Å². The van der Waals surface area contributed by atoms with Crippen LogP contribution in [0.2, 0.25) is 0 Å². The molecular formula is C12H9FN2OS. The van der Waals surface area contributed by atoms with Crippen LogP contribution in [0.25, 0.3) is 0 Å². The summed E-state index contributed by atoms with van der Waals surface area (Å²) in [5.41, 5.74) is 0.627. The zero-order valence-corrected chi connectivity index (χ0v) is 9.60. The zero-order valence-electron chi connectivity index (χ0n) is 8.71. The highest BCUT2D eigenvalue weighted by Gasteiger charge is 2.02. The van der Waals surface area contributed by atoms with Gasteiger partial charge in [-0.15, -0.1) is 22.9 Å². The van der Waals surface area contributed by atoms with Crippen LogP contribution in [0.5, 0.6) is 5.75 Å². The Bertz CT molecular complexity index is 572. The maximum absolute atomic E-state index is 13.3. The second-order valence-electron chi connectivity index (χ2n) is 3.32. The van der Waals surface area contributed by atoms with Crippen molar-refractivity contribution in [2.45, 2.75) is 4.90 Å². The molecule has 0 aromatic heterocycles. The van der Waals surface area contributed by atoms with Gasteiger partial charge in [0.2, 0.25) is 0 Å². The van der Waals surface area contributed by atoms with Crippen molar-refractivity contribution in [1.82, 2.24) is 0 Å². The van der Waals surface area contributed by atoms with Crippen LogP contribution in [0.4, 0.5) is 15.8 Å². The number of aromatic hydroxyl groups is 1. The van der Waals surface area contributed by atoms with Crippen LogP contribution in [0.3, 0.4) is 0 Å². The minimum atomic E-state index is -0.620. The molecule has 86 valence electrons. The van der Waals surface area contributed by atoms with E-state index in [0.29, 0.717) is 10.6 Å². The van der Waals surface area contributed by atoms with Crippen LogP contribution in [0.1, 0.15) is 0 Å². The van der Waals surface area contributed by atoms with Crippen LogP contribution in [-0.2, 0) is 0 Å². The van der Waals surface area contributed by atoms with E-state index < -0.39 is 5.82 Å². The summed E-state index contributed by atoms with van der Waals surface area (Å²) in [4.78, 5) is 0.662. The van der Waals surface area contributed by atoms with Gasteiger partial charge in [-0.2, -0.15) is 0 Å². The Morgan fingerprint density at radius 3 is 2.41 bits per heavy atom. The van der Waals surface area contributed by atoms with Crippen molar-refractivity contribution in [3.8, 4) is 5.75 Å². The number of nitrogens with zero attached hydrogens (tertiary/aromatic N) is 2. The minimum absolute atomic E-state index is 0.0689. The van der Waals surface area contributed by atoms with Crippen LogP contribution in [-0.4, -0.2) is 5.11 Å². The largest absolute Gasteiger partial charge is 0.508 e. The second kappa shape index (κ2) is 4.97. The van der Waals surface area contributed by atoms with E-state index in [4.69, 9.17) is 5.11 Å². The van der Waals surface area contributed by atoms with Gasteiger partial charge in [-0.05, 0) is 24.3 Å². The number of azo groups is 1. The topological polar surface area (TPSA) is 45.0 Å². The highest BCUT2D eigenvalue weighted by molar-refractivity contribution is 7.80. The van der Waals surface area contributed by atoms with Gasteiger partial charge < -0.3 is 5.11 Å². The van der Waals surface area contributed by atoms with E-state index in [0.717, 1.165) is 6.07 Å². The lowest BCUT2D eigenvalue weighted by Crippen LogP contribution is -1.74. The molecule has 2 aromatic rings. The van der Waals surface area contributed by atoms with Gasteiger partial charge in [0.15, 0.2) is 5.82 Å². The number of thiol groups is 1. The van der Waals surface area contributed by atoms with E-state index in [9.17, 15) is 4.39 Å². The third-order valence-electron chi connectivity index (χ3n) is 2.08. The SMILES string of the molecule is Oc1ccc(N=Nc2ccccc2S)c(F)c1. The average molecular weight is 248 g/mol. The van der Waals surface area contributed by atoms with E-state index >= 15 is 0 Å². The molecule has 0 spiro atoms. The predicted octanol–water partition coefficient (Wildman–Crippen LogP) is 4.24. The third-order valence-corrected chi connectivity index (χ3v) is 2.46. The molecule has 5 heteroatoms. The summed E-state index contributed by atoms with van der Waals surface area (Å²) in [5, 5.41) is 16.7. The molecule has 0 radical (unpaired) electrons. The van der Waals surface area contributed by atoms with Crippen molar-refractivity contribution in [3.63, 3.8) is 0 Å². The van der Waals surface area contributed by atoms with Gasteiger partial charge in [0.25, 0.3) is 0 Å². The highest BCUT2D eigenvalue weighted by Crippen LogP contribution is 2.27. The number of hydrogen-bond acceptors (Lipinski definition) is 4. The molecule has 3 nitrogen and oxygen atoms in total. The molecule has 1 N–H and O–H groups in total. The number of halogens is 1. The summed E-state index contributed by atoms with van der Waals surface area (Å²) in [6.07, 6.45) is 0. The van der Waals surface area contributed by atoms with E-state index in [1.807, 2.05) is 6.07 Å². The van der Waals surface area contributed by atoms with Gasteiger partial charge in [0, 0.05) is 11.0 Å². The first kappa shape index (κ1) is 11.6. The summed E-state index contributed by atoms with van der Waals surface area (Å²) in [5.74, 6) is -0.763. The number of rotatable bonds is 2. The Labute approximate surface area is 103 Å². The van der Waals surface area contributed by atoms with Crippen molar-refractivity contribution < 1.29 is 9.50 Å². The fourth-order valence-corrected chi connectivity index (χ4v) is 1.44. The molecule has 0 unspecified atom stereocenters. The van der Waals surface area contributed by atoms with E-state index in [1.54, 1.807) is 18.2 Å². The van der Waals surface area contributed by atoms with Crippen LogP contribution >= 0.6 is 12.6 Å². The van der Waals surface area contributed by atoms with Crippen LogP contribution in [0.15, 0.2) is 57.6 Å². The minimum Gasteiger partial charge on any atom is -0.508 e. The summed E-state index contributed by atoms with van der Waals surface area (Å²) >= 11 is 4.20. The molecule has 0 aliphatic rings. The fraction of sp³-hybridized carbons (Fsp3) is 0. The van der Waals surface area contributed by atoms with Crippen molar-refractivity contribution in [1.29, 1.82) is 0 Å². The average Bonchev–Trinajstić information content (AvgIpc) is 2.30. The zero-order chi connectivity index (χ0) is 12.3. The summed E-state index contributed by atoms with van der Waals surface area (Å²) in [7, 11) is 0. The van der Waals surface area contributed by atoms with Gasteiger partial charge in [-0.1, -0.05) is 12.1 Å². The normalized spacial score (nSPS) is 10.9. The maximum Gasteiger partial charge on any atom is 0.154 e. The molecule has 0 bridgehead atoms. The van der Waals surface area contributed by atoms with Gasteiger partial charge in [-0.25, -0.2) is 4.39 Å². The smallest absolute Gasteiger partial charge is 0.154 e. The lowest BCUT2D eigenvalue weighted by molar-refractivity contribution is 0.469. The second-order valence-corrected chi connectivity index (χ2v) is 3.81. The van der Waals surface area contributed by atoms with Crippen molar-refractivity contribution >= 4 is 24.0 Å².